The largest absolute Gasteiger partial charge is 0.390 e. The summed E-state index contributed by atoms with van der Waals surface area (Å²) in [7, 11) is 0. The second-order valence-electron chi connectivity index (χ2n) is 6.17. The maximum Gasteiger partial charge on any atom is 0.228 e. The molecule has 2 heterocycles. The van der Waals surface area contributed by atoms with Crippen molar-refractivity contribution in [2.24, 2.45) is 5.41 Å². The number of amides is 1. The van der Waals surface area contributed by atoms with Crippen LogP contribution in [0.5, 0.6) is 0 Å². The van der Waals surface area contributed by atoms with Gasteiger partial charge in [0, 0.05) is 13.1 Å². The van der Waals surface area contributed by atoms with E-state index in [1.54, 1.807) is 0 Å². The van der Waals surface area contributed by atoms with Gasteiger partial charge in [-0.1, -0.05) is 6.92 Å². The summed E-state index contributed by atoms with van der Waals surface area (Å²) < 4.78 is 0. The number of aliphatic hydroxyl groups is 1. The zero-order valence-corrected chi connectivity index (χ0v) is 11.7. The van der Waals surface area contributed by atoms with E-state index in [0.29, 0.717) is 31.8 Å². The van der Waals surface area contributed by atoms with Crippen LogP contribution in [0.1, 0.15) is 46.0 Å². The third-order valence-electron chi connectivity index (χ3n) is 4.82. The second-order valence-corrected chi connectivity index (χ2v) is 6.17. The Balaban J connectivity index is 2.01. The molecule has 104 valence electrons. The van der Waals surface area contributed by atoms with Gasteiger partial charge < -0.3 is 15.3 Å². The van der Waals surface area contributed by atoms with Gasteiger partial charge in [0.05, 0.1) is 11.0 Å². The van der Waals surface area contributed by atoms with Crippen molar-refractivity contribution in [3.05, 3.63) is 0 Å². The van der Waals surface area contributed by atoms with Gasteiger partial charge in [-0.05, 0) is 52.1 Å². The van der Waals surface area contributed by atoms with E-state index in [2.05, 4.69) is 12.2 Å². The summed E-state index contributed by atoms with van der Waals surface area (Å²) in [5.74, 6) is 0.321. The van der Waals surface area contributed by atoms with Crippen molar-refractivity contribution in [1.29, 1.82) is 0 Å². The monoisotopic (exact) mass is 254 g/mol. The summed E-state index contributed by atoms with van der Waals surface area (Å²) in [6, 6.07) is 0. The van der Waals surface area contributed by atoms with E-state index in [0.717, 1.165) is 32.4 Å². The molecule has 2 fully saturated rings. The minimum Gasteiger partial charge on any atom is -0.390 e. The lowest BCUT2D eigenvalue weighted by atomic mass is 9.75. The molecule has 0 atom stereocenters. The molecular formula is C14H26N2O2. The van der Waals surface area contributed by atoms with E-state index in [1.807, 2.05) is 11.8 Å². The first-order chi connectivity index (χ1) is 8.49. The average molecular weight is 254 g/mol. The Morgan fingerprint density at radius 2 is 1.78 bits per heavy atom. The van der Waals surface area contributed by atoms with Gasteiger partial charge in [0.25, 0.3) is 0 Å². The molecule has 0 spiro atoms. The van der Waals surface area contributed by atoms with Crippen LogP contribution in [0.3, 0.4) is 0 Å². The molecule has 2 rings (SSSR count). The van der Waals surface area contributed by atoms with Gasteiger partial charge in [-0.25, -0.2) is 0 Å². The number of hydrogen-bond donors (Lipinski definition) is 2. The van der Waals surface area contributed by atoms with Crippen LogP contribution in [0.2, 0.25) is 0 Å². The van der Waals surface area contributed by atoms with E-state index >= 15 is 0 Å². The van der Waals surface area contributed by atoms with Gasteiger partial charge >= 0.3 is 0 Å². The number of likely N-dealkylation sites (tertiary alicyclic amines) is 1. The molecule has 2 aliphatic heterocycles. The molecule has 0 unspecified atom stereocenters. The number of carbonyl (C=O) groups is 1. The van der Waals surface area contributed by atoms with Crippen LogP contribution in [-0.2, 0) is 4.79 Å². The molecule has 2 aliphatic rings. The van der Waals surface area contributed by atoms with Crippen LogP contribution in [0.15, 0.2) is 0 Å². The summed E-state index contributed by atoms with van der Waals surface area (Å²) in [5.41, 5.74) is -0.723. The third-order valence-corrected chi connectivity index (χ3v) is 4.82. The third kappa shape index (κ3) is 2.69. The summed E-state index contributed by atoms with van der Waals surface area (Å²) in [6.07, 6.45) is 4.25. The minimum absolute atomic E-state index is 0.144. The fraction of sp³-hybridized carbons (Fsp3) is 0.929. The molecule has 0 aromatic rings. The van der Waals surface area contributed by atoms with Gasteiger partial charge in [-0.3, -0.25) is 4.79 Å². The predicted molar refractivity (Wildman–Crippen MR) is 71.3 cm³/mol. The standard InChI is InChI=1S/C14H26N2O2/c1-3-14(4-8-15-9-5-14)12(17)16-10-6-13(2,18)7-11-16/h15,18H,3-11H2,1-2H3. The first-order valence-corrected chi connectivity index (χ1v) is 7.22. The summed E-state index contributed by atoms with van der Waals surface area (Å²) in [4.78, 5) is 14.7. The SMILES string of the molecule is CCC1(C(=O)N2CCC(C)(O)CC2)CCNCC1. The molecular weight excluding hydrogens is 228 g/mol. The van der Waals surface area contributed by atoms with Crippen molar-refractivity contribution in [3.63, 3.8) is 0 Å². The molecule has 1 amide bonds. The van der Waals surface area contributed by atoms with E-state index in [-0.39, 0.29) is 5.41 Å². The predicted octanol–water partition coefficient (Wildman–Crippen LogP) is 1.14. The zero-order chi connectivity index (χ0) is 13.2. The molecule has 4 nitrogen and oxygen atoms in total. The van der Waals surface area contributed by atoms with Crippen LogP contribution in [0.25, 0.3) is 0 Å². The summed E-state index contributed by atoms with van der Waals surface area (Å²) >= 11 is 0. The van der Waals surface area contributed by atoms with Gasteiger partial charge in [0.2, 0.25) is 5.91 Å². The molecule has 18 heavy (non-hydrogen) atoms. The smallest absolute Gasteiger partial charge is 0.228 e. The fourth-order valence-electron chi connectivity index (χ4n) is 3.15. The molecule has 2 saturated heterocycles. The van der Waals surface area contributed by atoms with Crippen LogP contribution in [0, 0.1) is 5.41 Å². The van der Waals surface area contributed by atoms with Gasteiger partial charge in [-0.15, -0.1) is 0 Å². The first-order valence-electron chi connectivity index (χ1n) is 7.22. The maximum atomic E-state index is 12.7. The first kappa shape index (κ1) is 13.8. The lowest BCUT2D eigenvalue weighted by Crippen LogP contribution is -2.53. The van der Waals surface area contributed by atoms with Gasteiger partial charge in [0.1, 0.15) is 0 Å². The highest BCUT2D eigenvalue weighted by Gasteiger charge is 2.42. The van der Waals surface area contributed by atoms with Crippen molar-refractivity contribution in [2.75, 3.05) is 26.2 Å². The van der Waals surface area contributed by atoms with Crippen molar-refractivity contribution >= 4 is 5.91 Å². The number of hydrogen-bond acceptors (Lipinski definition) is 3. The van der Waals surface area contributed by atoms with Gasteiger partial charge in [0.15, 0.2) is 0 Å². The van der Waals surface area contributed by atoms with E-state index in [9.17, 15) is 9.90 Å². The Morgan fingerprint density at radius 3 is 2.28 bits per heavy atom. The molecule has 2 N–H and O–H groups in total. The van der Waals surface area contributed by atoms with Crippen LogP contribution >= 0.6 is 0 Å². The lowest BCUT2D eigenvalue weighted by Gasteiger charge is -2.43. The molecule has 4 heteroatoms. The number of nitrogens with zero attached hydrogens (tertiary/aromatic N) is 1. The maximum absolute atomic E-state index is 12.7. The number of nitrogens with one attached hydrogen (secondary N) is 1. The topological polar surface area (TPSA) is 52.6 Å². The Labute approximate surface area is 110 Å². The van der Waals surface area contributed by atoms with Crippen molar-refractivity contribution < 1.29 is 9.90 Å². The highest BCUT2D eigenvalue weighted by atomic mass is 16.3. The van der Waals surface area contributed by atoms with Gasteiger partial charge in [-0.2, -0.15) is 0 Å². The quantitative estimate of drug-likeness (QED) is 0.777. The Kier molecular flexibility index (Phi) is 3.97. The molecule has 0 bridgehead atoms. The molecule has 0 radical (unpaired) electrons. The lowest BCUT2D eigenvalue weighted by molar-refractivity contribution is -0.148. The fourth-order valence-corrected chi connectivity index (χ4v) is 3.15. The minimum atomic E-state index is -0.579. The average Bonchev–Trinajstić information content (AvgIpc) is 2.39. The highest BCUT2D eigenvalue weighted by Crippen LogP contribution is 2.36. The van der Waals surface area contributed by atoms with Crippen LogP contribution in [-0.4, -0.2) is 47.7 Å². The zero-order valence-electron chi connectivity index (χ0n) is 11.7. The van der Waals surface area contributed by atoms with Crippen molar-refractivity contribution in [2.45, 2.75) is 51.6 Å². The van der Waals surface area contributed by atoms with E-state index in [1.165, 1.54) is 0 Å². The van der Waals surface area contributed by atoms with Crippen LogP contribution in [0.4, 0.5) is 0 Å². The van der Waals surface area contributed by atoms with E-state index < -0.39 is 5.60 Å². The molecule has 0 saturated carbocycles. The Bertz CT molecular complexity index is 299. The van der Waals surface area contributed by atoms with Crippen molar-refractivity contribution in [3.8, 4) is 0 Å². The summed E-state index contributed by atoms with van der Waals surface area (Å²) in [5, 5.41) is 13.3. The summed E-state index contributed by atoms with van der Waals surface area (Å²) in [6.45, 7) is 7.32. The normalized spacial score (nSPS) is 26.9. The second kappa shape index (κ2) is 5.17. The Hall–Kier alpha value is -0.610. The number of carbonyl (C=O) groups excluding carboxylic acids is 1. The van der Waals surface area contributed by atoms with Crippen LogP contribution < -0.4 is 5.32 Å². The van der Waals surface area contributed by atoms with E-state index in [4.69, 9.17) is 0 Å². The number of piperidine rings is 2. The molecule has 0 aromatic heterocycles. The van der Waals surface area contributed by atoms with Crippen molar-refractivity contribution in [1.82, 2.24) is 10.2 Å². The highest BCUT2D eigenvalue weighted by molar-refractivity contribution is 5.83. The molecule has 0 aliphatic carbocycles. The molecule has 0 aromatic carbocycles. The Morgan fingerprint density at radius 1 is 1.22 bits per heavy atom. The number of rotatable bonds is 2.